The highest BCUT2D eigenvalue weighted by Gasteiger charge is 2.09. The predicted octanol–water partition coefficient (Wildman–Crippen LogP) is 1.53. The minimum atomic E-state index is 0.127. The van der Waals surface area contributed by atoms with E-state index >= 15 is 0 Å². The quantitative estimate of drug-likeness (QED) is 0.721. The monoisotopic (exact) mass is 250 g/mol. The third kappa shape index (κ3) is 0.634. The van der Waals surface area contributed by atoms with Crippen molar-refractivity contribution in [3.63, 3.8) is 0 Å². The number of fused-ring (bicyclic) bond motifs is 1. The molecule has 0 aliphatic carbocycles. The fourth-order valence-corrected chi connectivity index (χ4v) is 1.40. The van der Waals surface area contributed by atoms with Crippen molar-refractivity contribution in [3.8, 4) is 5.75 Å². The van der Waals surface area contributed by atoms with Crippen molar-refractivity contribution in [2.45, 2.75) is 0 Å². The number of rotatable bonds is 0. The van der Waals surface area contributed by atoms with Gasteiger partial charge in [-0.25, -0.2) is 0 Å². The van der Waals surface area contributed by atoms with E-state index in [4.69, 9.17) is 9.52 Å². The molecule has 0 fully saturated rings. The van der Waals surface area contributed by atoms with Gasteiger partial charge in [0.2, 0.25) is 5.58 Å². The summed E-state index contributed by atoms with van der Waals surface area (Å²) in [6.07, 6.45) is 2.85. The molecule has 0 aliphatic heterocycles. The van der Waals surface area contributed by atoms with E-state index in [0.29, 0.717) is 11.2 Å². The molecule has 0 aromatic carbocycles. The van der Waals surface area contributed by atoms with Gasteiger partial charge >= 0.3 is 0 Å². The Morgan fingerprint density at radius 2 is 2.50 bits per heavy atom. The first-order valence-electron chi connectivity index (χ1n) is 2.58. The highest BCUT2D eigenvalue weighted by Crippen LogP contribution is 2.26. The standard InChI is InChI=1S/C5H3IN2O2/c6-8-1-3(9)4-5(8)7-2-10-4/h1-2,9H. The van der Waals surface area contributed by atoms with Crippen LogP contribution in [0.15, 0.2) is 17.0 Å². The smallest absolute Gasteiger partial charge is 0.215 e. The second-order valence-electron chi connectivity index (χ2n) is 1.83. The Balaban J connectivity index is 2.98. The zero-order valence-corrected chi connectivity index (χ0v) is 6.94. The minimum absolute atomic E-state index is 0.127. The lowest BCUT2D eigenvalue weighted by Gasteiger charge is -1.79. The third-order valence-corrected chi connectivity index (χ3v) is 1.95. The van der Waals surface area contributed by atoms with E-state index in [0.717, 1.165) is 0 Å². The molecule has 2 aromatic heterocycles. The first kappa shape index (κ1) is 6.02. The van der Waals surface area contributed by atoms with Crippen LogP contribution in [-0.2, 0) is 0 Å². The van der Waals surface area contributed by atoms with E-state index in [2.05, 4.69) is 4.98 Å². The van der Waals surface area contributed by atoms with Gasteiger partial charge in [0.15, 0.2) is 17.8 Å². The SMILES string of the molecule is Oc1cn(I)c2ncoc12. The summed E-state index contributed by atoms with van der Waals surface area (Å²) in [7, 11) is 0. The summed E-state index contributed by atoms with van der Waals surface area (Å²) < 4.78 is 6.56. The fourth-order valence-electron chi connectivity index (χ4n) is 0.795. The average Bonchev–Trinajstić information content (AvgIpc) is 2.39. The Hall–Kier alpha value is -0.720. The number of hydrogen-bond donors (Lipinski definition) is 1. The highest BCUT2D eigenvalue weighted by molar-refractivity contribution is 14.1. The topological polar surface area (TPSA) is 51.2 Å². The Kier molecular flexibility index (Phi) is 1.13. The lowest BCUT2D eigenvalue weighted by Crippen LogP contribution is -1.72. The summed E-state index contributed by atoms with van der Waals surface area (Å²) in [4.78, 5) is 3.87. The molecule has 4 nitrogen and oxygen atoms in total. The molecular formula is C5H3IN2O2. The molecule has 0 unspecified atom stereocenters. The van der Waals surface area contributed by atoms with E-state index in [1.807, 2.05) is 22.9 Å². The molecule has 52 valence electrons. The lowest BCUT2D eigenvalue weighted by atomic mass is 10.6. The molecule has 0 radical (unpaired) electrons. The molecule has 1 N–H and O–H groups in total. The largest absolute Gasteiger partial charge is 0.503 e. The van der Waals surface area contributed by atoms with Crippen LogP contribution in [0.3, 0.4) is 0 Å². The second-order valence-corrected chi connectivity index (χ2v) is 2.87. The summed E-state index contributed by atoms with van der Waals surface area (Å²) in [5, 5.41) is 9.12. The van der Waals surface area contributed by atoms with Crippen molar-refractivity contribution in [1.82, 2.24) is 7.76 Å². The fraction of sp³-hybridized carbons (Fsp3) is 0. The predicted molar refractivity (Wildman–Crippen MR) is 43.1 cm³/mol. The first-order chi connectivity index (χ1) is 4.79. The maximum Gasteiger partial charge on any atom is 0.215 e. The third-order valence-electron chi connectivity index (χ3n) is 1.22. The molecule has 0 saturated carbocycles. The van der Waals surface area contributed by atoms with Gasteiger partial charge in [-0.3, -0.25) is 2.78 Å². The van der Waals surface area contributed by atoms with Crippen molar-refractivity contribution in [3.05, 3.63) is 12.6 Å². The Labute approximate surface area is 70.0 Å². The van der Waals surface area contributed by atoms with Gasteiger partial charge in [0.05, 0.1) is 29.1 Å². The van der Waals surface area contributed by atoms with Crippen molar-refractivity contribution in [2.24, 2.45) is 0 Å². The maximum absolute atomic E-state index is 9.12. The van der Waals surface area contributed by atoms with E-state index in [9.17, 15) is 0 Å². The van der Waals surface area contributed by atoms with E-state index in [1.54, 1.807) is 8.98 Å². The molecule has 0 atom stereocenters. The van der Waals surface area contributed by atoms with Gasteiger partial charge in [-0.15, -0.1) is 0 Å². The Morgan fingerprint density at radius 1 is 1.70 bits per heavy atom. The average molecular weight is 250 g/mol. The molecule has 0 amide bonds. The Morgan fingerprint density at radius 3 is 3.20 bits per heavy atom. The van der Waals surface area contributed by atoms with Crippen molar-refractivity contribution >= 4 is 34.1 Å². The van der Waals surface area contributed by atoms with E-state index in [1.165, 1.54) is 6.39 Å². The van der Waals surface area contributed by atoms with Gasteiger partial charge in [0, 0.05) is 0 Å². The molecule has 0 spiro atoms. The zero-order valence-electron chi connectivity index (χ0n) is 4.78. The van der Waals surface area contributed by atoms with Crippen LogP contribution in [0.25, 0.3) is 11.2 Å². The molecule has 2 heterocycles. The van der Waals surface area contributed by atoms with Crippen LogP contribution in [0.5, 0.6) is 5.75 Å². The van der Waals surface area contributed by atoms with Gasteiger partial charge in [0.1, 0.15) is 0 Å². The van der Waals surface area contributed by atoms with E-state index in [-0.39, 0.29) is 5.75 Å². The van der Waals surface area contributed by atoms with Gasteiger partial charge in [-0.1, -0.05) is 0 Å². The molecule has 2 aromatic rings. The van der Waals surface area contributed by atoms with Gasteiger partial charge in [0.25, 0.3) is 0 Å². The van der Waals surface area contributed by atoms with E-state index < -0.39 is 0 Å². The molecule has 10 heavy (non-hydrogen) atoms. The molecule has 0 aliphatic rings. The minimum Gasteiger partial charge on any atom is -0.503 e. The number of hydrogen-bond acceptors (Lipinski definition) is 3. The molecule has 2 rings (SSSR count). The number of aromatic hydroxyl groups is 1. The summed E-state index contributed by atoms with van der Waals surface area (Å²) >= 11 is 2.01. The molecular weight excluding hydrogens is 247 g/mol. The van der Waals surface area contributed by atoms with Crippen LogP contribution in [0.4, 0.5) is 0 Å². The number of halogens is 1. The maximum atomic E-state index is 9.12. The summed E-state index contributed by atoms with van der Waals surface area (Å²) in [5.74, 6) is 0.127. The number of aromatic nitrogens is 2. The Bertz CT molecular complexity index is 333. The number of oxazole rings is 1. The number of nitrogens with zero attached hydrogens (tertiary/aromatic N) is 2. The summed E-state index contributed by atoms with van der Waals surface area (Å²) in [6, 6.07) is 0. The van der Waals surface area contributed by atoms with Crippen LogP contribution in [0.1, 0.15) is 0 Å². The lowest BCUT2D eigenvalue weighted by molar-refractivity contribution is 0.464. The second kappa shape index (κ2) is 1.88. The van der Waals surface area contributed by atoms with Crippen molar-refractivity contribution in [1.29, 1.82) is 0 Å². The summed E-state index contributed by atoms with van der Waals surface area (Å²) in [6.45, 7) is 0. The van der Waals surface area contributed by atoms with Gasteiger partial charge in [-0.05, 0) is 0 Å². The van der Waals surface area contributed by atoms with Crippen molar-refractivity contribution in [2.75, 3.05) is 0 Å². The van der Waals surface area contributed by atoms with Gasteiger partial charge in [-0.2, -0.15) is 4.98 Å². The zero-order chi connectivity index (χ0) is 7.14. The summed E-state index contributed by atoms with van der Waals surface area (Å²) in [5.41, 5.74) is 1.09. The highest BCUT2D eigenvalue weighted by atomic mass is 127. The normalized spacial score (nSPS) is 10.9. The van der Waals surface area contributed by atoms with Crippen LogP contribution in [0.2, 0.25) is 0 Å². The van der Waals surface area contributed by atoms with Crippen LogP contribution < -0.4 is 0 Å². The van der Waals surface area contributed by atoms with Gasteiger partial charge < -0.3 is 9.52 Å². The van der Waals surface area contributed by atoms with Crippen LogP contribution >= 0.6 is 22.9 Å². The van der Waals surface area contributed by atoms with Crippen LogP contribution in [-0.4, -0.2) is 12.9 Å². The van der Waals surface area contributed by atoms with Crippen molar-refractivity contribution < 1.29 is 9.52 Å². The first-order valence-corrected chi connectivity index (χ1v) is 3.55. The molecule has 5 heteroatoms. The molecule has 0 saturated heterocycles. The van der Waals surface area contributed by atoms with Crippen LogP contribution in [0, 0.1) is 0 Å². The molecule has 0 bridgehead atoms.